The molecule has 0 bridgehead atoms. The summed E-state index contributed by atoms with van der Waals surface area (Å²) in [7, 11) is 1.68. The lowest BCUT2D eigenvalue weighted by molar-refractivity contribution is 0.171. The molecule has 0 amide bonds. The van der Waals surface area contributed by atoms with Crippen molar-refractivity contribution in [2.75, 3.05) is 20.3 Å². The summed E-state index contributed by atoms with van der Waals surface area (Å²) in [5.74, 6) is 0. The van der Waals surface area contributed by atoms with Crippen molar-refractivity contribution in [3.05, 3.63) is 36.4 Å². The van der Waals surface area contributed by atoms with Gasteiger partial charge in [-0.1, -0.05) is 50.2 Å². The van der Waals surface area contributed by atoms with Crippen LogP contribution in [-0.2, 0) is 9.47 Å². The smallest absolute Gasteiger partial charge is 0.104 e. The van der Waals surface area contributed by atoms with Crippen LogP contribution in [-0.4, -0.2) is 26.4 Å². The molecule has 0 aliphatic carbocycles. The lowest BCUT2D eigenvalue weighted by Gasteiger charge is -1.84. The zero-order chi connectivity index (χ0) is 10.6. The Bertz CT molecular complexity index is 156. The molecule has 0 N–H and O–H groups in total. The standard InChI is InChI=1S/C6H6.C4H8O2.C2H6/c1-2-4-6-5-3-1;1-5-2-4-3-6-4;1-2/h1-6H;4H,2-3H2,1H3;1-2H3. The van der Waals surface area contributed by atoms with Crippen molar-refractivity contribution in [3.8, 4) is 0 Å². The SMILES string of the molecule is CC.COCC1CO1.c1ccccc1. The number of ether oxygens (including phenoxy) is 2. The van der Waals surface area contributed by atoms with Crippen LogP contribution in [0.5, 0.6) is 0 Å². The van der Waals surface area contributed by atoms with Crippen molar-refractivity contribution < 1.29 is 9.47 Å². The van der Waals surface area contributed by atoms with E-state index in [-0.39, 0.29) is 0 Å². The minimum Gasteiger partial charge on any atom is -0.382 e. The van der Waals surface area contributed by atoms with Gasteiger partial charge in [-0.05, 0) is 0 Å². The maximum absolute atomic E-state index is 4.82. The van der Waals surface area contributed by atoms with E-state index in [9.17, 15) is 0 Å². The summed E-state index contributed by atoms with van der Waals surface area (Å²) in [4.78, 5) is 0. The number of hydrogen-bond acceptors (Lipinski definition) is 2. The summed E-state index contributed by atoms with van der Waals surface area (Å²) in [6.45, 7) is 5.66. The van der Waals surface area contributed by atoms with Crippen molar-refractivity contribution in [1.82, 2.24) is 0 Å². The summed E-state index contributed by atoms with van der Waals surface area (Å²) < 4.78 is 9.56. The van der Waals surface area contributed by atoms with E-state index in [0.717, 1.165) is 13.2 Å². The van der Waals surface area contributed by atoms with Gasteiger partial charge < -0.3 is 9.47 Å². The fourth-order valence-corrected chi connectivity index (χ4v) is 0.735. The topological polar surface area (TPSA) is 21.8 Å². The number of rotatable bonds is 2. The van der Waals surface area contributed by atoms with E-state index in [0.29, 0.717) is 6.10 Å². The Hall–Kier alpha value is -0.860. The van der Waals surface area contributed by atoms with Crippen LogP contribution in [0.25, 0.3) is 0 Å². The van der Waals surface area contributed by atoms with Crippen molar-refractivity contribution in [3.63, 3.8) is 0 Å². The van der Waals surface area contributed by atoms with Crippen LogP contribution in [0.1, 0.15) is 13.8 Å². The molecule has 0 saturated carbocycles. The molecule has 1 unspecified atom stereocenters. The third-order valence-corrected chi connectivity index (χ3v) is 1.42. The van der Waals surface area contributed by atoms with E-state index < -0.39 is 0 Å². The first-order valence-corrected chi connectivity index (χ1v) is 5.04. The largest absolute Gasteiger partial charge is 0.382 e. The van der Waals surface area contributed by atoms with Crippen LogP contribution in [0, 0.1) is 0 Å². The molecule has 0 radical (unpaired) electrons. The van der Waals surface area contributed by atoms with Crippen molar-refractivity contribution in [2.45, 2.75) is 20.0 Å². The molecule has 2 rings (SSSR count). The highest BCUT2D eigenvalue weighted by Crippen LogP contribution is 2.06. The Balaban J connectivity index is 0.000000206. The zero-order valence-corrected chi connectivity index (χ0v) is 9.27. The van der Waals surface area contributed by atoms with Crippen molar-refractivity contribution in [1.29, 1.82) is 0 Å². The number of methoxy groups -OCH3 is 1. The number of hydrogen-bond donors (Lipinski definition) is 0. The maximum Gasteiger partial charge on any atom is 0.104 e. The molecule has 80 valence electrons. The van der Waals surface area contributed by atoms with E-state index in [1.807, 2.05) is 50.2 Å². The predicted octanol–water partition coefficient (Wildman–Crippen LogP) is 2.74. The Kier molecular flexibility index (Phi) is 9.59. The second-order valence-electron chi connectivity index (χ2n) is 2.57. The van der Waals surface area contributed by atoms with E-state index in [2.05, 4.69) is 0 Å². The summed E-state index contributed by atoms with van der Waals surface area (Å²) in [5.41, 5.74) is 0. The Morgan fingerprint density at radius 3 is 1.57 bits per heavy atom. The third-order valence-electron chi connectivity index (χ3n) is 1.42. The minimum absolute atomic E-state index is 0.426. The average molecular weight is 196 g/mol. The second kappa shape index (κ2) is 10.2. The van der Waals surface area contributed by atoms with Gasteiger partial charge in [0, 0.05) is 7.11 Å². The van der Waals surface area contributed by atoms with Gasteiger partial charge in [0.25, 0.3) is 0 Å². The first-order chi connectivity index (χ1) is 6.93. The van der Waals surface area contributed by atoms with E-state index >= 15 is 0 Å². The second-order valence-corrected chi connectivity index (χ2v) is 2.57. The quantitative estimate of drug-likeness (QED) is 0.678. The molecule has 1 heterocycles. The molecule has 1 aliphatic heterocycles. The summed E-state index contributed by atoms with van der Waals surface area (Å²) in [6.07, 6.45) is 0.426. The van der Waals surface area contributed by atoms with Gasteiger partial charge in [-0.15, -0.1) is 0 Å². The zero-order valence-electron chi connectivity index (χ0n) is 9.27. The lowest BCUT2D eigenvalue weighted by Crippen LogP contribution is -1.94. The molecular formula is C12H20O2. The monoisotopic (exact) mass is 196 g/mol. The summed E-state index contributed by atoms with van der Waals surface area (Å²) in [6, 6.07) is 12.0. The number of epoxide rings is 1. The van der Waals surface area contributed by atoms with Crippen LogP contribution < -0.4 is 0 Å². The molecule has 1 saturated heterocycles. The lowest BCUT2D eigenvalue weighted by atomic mass is 10.4. The number of benzene rings is 1. The summed E-state index contributed by atoms with van der Waals surface area (Å²) in [5, 5.41) is 0. The highest BCUT2D eigenvalue weighted by atomic mass is 16.6. The van der Waals surface area contributed by atoms with E-state index in [4.69, 9.17) is 9.47 Å². The van der Waals surface area contributed by atoms with Crippen molar-refractivity contribution >= 4 is 0 Å². The maximum atomic E-state index is 4.82. The molecule has 1 aromatic carbocycles. The van der Waals surface area contributed by atoms with Crippen LogP contribution in [0.2, 0.25) is 0 Å². The first-order valence-electron chi connectivity index (χ1n) is 5.04. The van der Waals surface area contributed by atoms with Crippen LogP contribution in [0.3, 0.4) is 0 Å². The molecular weight excluding hydrogens is 176 g/mol. The van der Waals surface area contributed by atoms with Gasteiger partial charge in [0.1, 0.15) is 6.10 Å². The fraction of sp³-hybridized carbons (Fsp3) is 0.500. The first kappa shape index (κ1) is 13.1. The van der Waals surface area contributed by atoms with Crippen molar-refractivity contribution in [2.24, 2.45) is 0 Å². The van der Waals surface area contributed by atoms with Gasteiger partial charge in [-0.2, -0.15) is 0 Å². The molecule has 2 heteroatoms. The molecule has 1 fully saturated rings. The molecule has 0 spiro atoms. The van der Waals surface area contributed by atoms with Crippen LogP contribution >= 0.6 is 0 Å². The minimum atomic E-state index is 0.426. The average Bonchev–Trinajstić information content (AvgIpc) is 3.09. The highest BCUT2D eigenvalue weighted by Gasteiger charge is 2.21. The molecule has 2 nitrogen and oxygen atoms in total. The van der Waals surface area contributed by atoms with Gasteiger partial charge >= 0.3 is 0 Å². The molecule has 1 atom stereocenters. The van der Waals surface area contributed by atoms with Crippen LogP contribution in [0.15, 0.2) is 36.4 Å². The third kappa shape index (κ3) is 9.23. The highest BCUT2D eigenvalue weighted by molar-refractivity contribution is 4.99. The van der Waals surface area contributed by atoms with Gasteiger partial charge in [0.15, 0.2) is 0 Å². The predicted molar refractivity (Wildman–Crippen MR) is 59.4 cm³/mol. The van der Waals surface area contributed by atoms with Gasteiger partial charge in [-0.3, -0.25) is 0 Å². The van der Waals surface area contributed by atoms with E-state index in [1.54, 1.807) is 7.11 Å². The van der Waals surface area contributed by atoms with Crippen LogP contribution in [0.4, 0.5) is 0 Å². The van der Waals surface area contributed by atoms with Gasteiger partial charge in [0.2, 0.25) is 0 Å². The summed E-state index contributed by atoms with van der Waals surface area (Å²) >= 11 is 0. The van der Waals surface area contributed by atoms with E-state index in [1.165, 1.54) is 0 Å². The molecule has 14 heavy (non-hydrogen) atoms. The van der Waals surface area contributed by atoms with Gasteiger partial charge in [-0.25, -0.2) is 0 Å². The molecule has 0 aromatic heterocycles. The normalized spacial score (nSPS) is 16.9. The molecule has 1 aromatic rings. The van der Waals surface area contributed by atoms with Gasteiger partial charge in [0.05, 0.1) is 13.2 Å². The Labute approximate surface area is 86.9 Å². The Morgan fingerprint density at radius 2 is 1.43 bits per heavy atom. The fourth-order valence-electron chi connectivity index (χ4n) is 0.735. The Morgan fingerprint density at radius 1 is 1.07 bits per heavy atom. The molecule has 1 aliphatic rings.